The molecule has 182 valence electrons. The van der Waals surface area contributed by atoms with E-state index < -0.39 is 8.07 Å². The molecule has 0 aromatic heterocycles. The van der Waals surface area contributed by atoms with Gasteiger partial charge in [0.1, 0.15) is 0 Å². The first-order valence-electron chi connectivity index (χ1n) is 11.7. The number of allylic oxidation sites excluding steroid dienone is 4. The summed E-state index contributed by atoms with van der Waals surface area (Å²) in [7, 11) is -2.44. The molecule has 0 amide bonds. The van der Waals surface area contributed by atoms with Crippen LogP contribution in [0, 0.1) is 26.7 Å². The first-order valence-corrected chi connectivity index (χ1v) is 14.5. The van der Waals surface area contributed by atoms with Gasteiger partial charge in [0.25, 0.3) is 0 Å². The van der Waals surface area contributed by atoms with Crippen LogP contribution in [0.25, 0.3) is 0 Å². The Morgan fingerprint density at radius 2 is 1.14 bits per heavy atom. The summed E-state index contributed by atoms with van der Waals surface area (Å²) in [5.41, 5.74) is 5.64. The van der Waals surface area contributed by atoms with E-state index in [1.807, 2.05) is 0 Å². The number of hydrogen-bond acceptors (Lipinski definition) is 0. The fourth-order valence-corrected chi connectivity index (χ4v) is 12.0. The molecule has 1 aliphatic carbocycles. The number of halogens is 3. The van der Waals surface area contributed by atoms with Gasteiger partial charge < -0.3 is 37.2 Å². The van der Waals surface area contributed by atoms with Crippen LogP contribution in [-0.2, 0) is 20.4 Å². The molecule has 0 N–H and O–H groups in total. The van der Waals surface area contributed by atoms with E-state index in [-0.39, 0.29) is 37.2 Å². The Hall–Kier alpha value is -1.06. The van der Waals surface area contributed by atoms with Crippen molar-refractivity contribution in [2.24, 2.45) is 5.92 Å². The summed E-state index contributed by atoms with van der Waals surface area (Å²) in [6, 6.07) is 28.1. The summed E-state index contributed by atoms with van der Waals surface area (Å²) in [6.45, 7) is 11.4. The van der Waals surface area contributed by atoms with E-state index >= 15 is 0 Å². The van der Waals surface area contributed by atoms with E-state index in [4.69, 9.17) is 0 Å². The van der Waals surface area contributed by atoms with Crippen LogP contribution >= 0.6 is 0 Å². The quantitative estimate of drug-likeness (QED) is 0.215. The van der Waals surface area contributed by atoms with E-state index in [9.17, 15) is 0 Å². The van der Waals surface area contributed by atoms with Gasteiger partial charge in [0, 0.05) is 0 Å². The van der Waals surface area contributed by atoms with Gasteiger partial charge in [-0.2, -0.15) is 0 Å². The smallest absolute Gasteiger partial charge is 1.00 e. The van der Waals surface area contributed by atoms with Crippen molar-refractivity contribution in [3.05, 3.63) is 110 Å². The fraction of sp³-hybridized carbons (Fsp3) is 0.267. The second-order valence-corrected chi connectivity index (χ2v) is 14.1. The van der Waals surface area contributed by atoms with Crippen LogP contribution in [0.4, 0.5) is 0 Å². The molecular weight excluding hydrogens is 543 g/mol. The Labute approximate surface area is 243 Å². The normalized spacial score (nSPS) is 13.9. The van der Waals surface area contributed by atoms with Gasteiger partial charge in [0.2, 0.25) is 0 Å². The predicted molar refractivity (Wildman–Crippen MR) is 137 cm³/mol. The van der Waals surface area contributed by atoms with E-state index in [2.05, 4.69) is 134 Å². The molecule has 0 radical (unpaired) electrons. The van der Waals surface area contributed by atoms with Crippen molar-refractivity contribution in [2.45, 2.75) is 47.5 Å². The molecule has 1 aliphatic rings. The van der Waals surface area contributed by atoms with Gasteiger partial charge in [0.15, 0.2) is 0 Å². The van der Waals surface area contributed by atoms with E-state index in [1.54, 1.807) is 10.8 Å². The summed E-state index contributed by atoms with van der Waals surface area (Å²) in [5, 5.41) is 6.21. The van der Waals surface area contributed by atoms with Crippen molar-refractivity contribution in [1.82, 2.24) is 0 Å². The first-order chi connectivity index (χ1) is 15.4. The Morgan fingerprint density at radius 1 is 0.743 bits per heavy atom. The van der Waals surface area contributed by atoms with Crippen molar-refractivity contribution < 1.29 is 57.7 Å². The largest absolute Gasteiger partial charge is 1.00 e. The standard InChI is InChI=1S/C30H33Si.3ClH.Ti/c1-6-25(5)29-17-10-18-30(29)31(26-14-7-11-22(2)19-26,27-15-8-12-23(3)20-27)28-16-9-13-24(4)21-28;;;;/h7-16,19-21,25H,6,18H2,1-5H3;3*1H;/q;;;;+3/p-3. The monoisotopic (exact) mass is 574 g/mol. The molecule has 0 heterocycles. The summed E-state index contributed by atoms with van der Waals surface area (Å²) in [4.78, 5) is 0. The average Bonchev–Trinajstić information content (AvgIpc) is 3.16. The van der Waals surface area contributed by atoms with Crippen LogP contribution in [0.1, 0.15) is 43.4 Å². The van der Waals surface area contributed by atoms with Crippen LogP contribution in [-0.4, -0.2) is 8.07 Å². The molecule has 0 bridgehead atoms. The molecule has 0 aliphatic heterocycles. The molecule has 3 aromatic rings. The molecule has 5 heteroatoms. The van der Waals surface area contributed by atoms with Gasteiger partial charge in [0.05, 0.1) is 0 Å². The van der Waals surface area contributed by atoms with E-state index in [0.717, 1.165) is 6.42 Å². The molecule has 3 aromatic carbocycles. The minimum atomic E-state index is -2.44. The van der Waals surface area contributed by atoms with Crippen LogP contribution in [0.5, 0.6) is 0 Å². The van der Waals surface area contributed by atoms with Gasteiger partial charge in [-0.1, -0.05) is 0 Å². The minimum absolute atomic E-state index is 0. The summed E-state index contributed by atoms with van der Waals surface area (Å²) in [6.07, 6.45) is 4.72. The van der Waals surface area contributed by atoms with Crippen LogP contribution < -0.4 is 52.8 Å². The van der Waals surface area contributed by atoms with Gasteiger partial charge >= 0.3 is 208 Å². The minimum Gasteiger partial charge on any atom is -1.00 e. The topological polar surface area (TPSA) is 0 Å². The van der Waals surface area contributed by atoms with E-state index in [0.29, 0.717) is 5.92 Å². The number of benzene rings is 3. The Bertz CT molecular complexity index is 1100. The van der Waals surface area contributed by atoms with Gasteiger partial charge in [-0.25, -0.2) is 0 Å². The summed E-state index contributed by atoms with van der Waals surface area (Å²) < 4.78 is 1.49. The third-order valence-corrected chi connectivity index (χ3v) is 12.7. The molecule has 0 nitrogen and oxygen atoms in total. The maximum Gasteiger partial charge on any atom is -1.00 e. The summed E-state index contributed by atoms with van der Waals surface area (Å²) in [5.74, 6) is 0.565. The van der Waals surface area contributed by atoms with Crippen molar-refractivity contribution in [3.63, 3.8) is 0 Å². The maximum atomic E-state index is 2.49. The molecular formula is C30H33Cl3SiTi. The Morgan fingerprint density at radius 3 is 1.49 bits per heavy atom. The Balaban J connectivity index is 0.00000204. The molecule has 1 unspecified atom stereocenters. The molecule has 4 rings (SSSR count). The first kappa shape index (κ1) is 32.0. The van der Waals surface area contributed by atoms with Gasteiger partial charge in [-0.3, -0.25) is 0 Å². The van der Waals surface area contributed by atoms with E-state index in [1.165, 1.54) is 42.5 Å². The summed E-state index contributed by atoms with van der Waals surface area (Å²) >= 11 is 2.33. The van der Waals surface area contributed by atoms with Crippen molar-refractivity contribution in [1.29, 1.82) is 0 Å². The van der Waals surface area contributed by atoms with Crippen molar-refractivity contribution in [2.75, 3.05) is 0 Å². The molecule has 0 saturated carbocycles. The van der Waals surface area contributed by atoms with Gasteiger partial charge in [-0.15, -0.1) is 0 Å². The zero-order valence-corrected chi connectivity index (χ0v) is 26.0. The zero-order valence-electron chi connectivity index (χ0n) is 21.1. The Kier molecular flexibility index (Phi) is 12.3. The average molecular weight is 576 g/mol. The van der Waals surface area contributed by atoms with Crippen molar-refractivity contribution in [3.8, 4) is 0 Å². The molecule has 0 fully saturated rings. The van der Waals surface area contributed by atoms with Gasteiger partial charge in [-0.05, 0) is 0 Å². The third-order valence-electron chi connectivity index (χ3n) is 7.04. The predicted octanol–water partition coefficient (Wildman–Crippen LogP) is -3.19. The van der Waals surface area contributed by atoms with Crippen LogP contribution in [0.15, 0.2) is 93.5 Å². The number of aryl methyl sites for hydroxylation is 3. The number of hydrogen-bond donors (Lipinski definition) is 0. The van der Waals surface area contributed by atoms with Crippen LogP contribution in [0.2, 0.25) is 0 Å². The molecule has 1 atom stereocenters. The fourth-order valence-electron chi connectivity index (χ4n) is 5.37. The second kappa shape index (κ2) is 13.5. The second-order valence-electron chi connectivity index (χ2n) is 9.38. The maximum absolute atomic E-state index is 2.49. The molecule has 0 saturated heterocycles. The SMILES string of the molecule is CCC(C)C1=C([Si](c2cccc(C)c2)(c2cccc(C)c2)c2cccc(C)c2)CC=[C]1[Ti+3].[Cl-].[Cl-].[Cl-]. The molecule has 0 spiro atoms. The number of rotatable bonds is 6. The zero-order chi connectivity index (χ0) is 22.9. The van der Waals surface area contributed by atoms with Crippen LogP contribution in [0.3, 0.4) is 0 Å². The third kappa shape index (κ3) is 6.09. The molecule has 35 heavy (non-hydrogen) atoms. The van der Waals surface area contributed by atoms with Crippen molar-refractivity contribution >= 4 is 23.6 Å².